The van der Waals surface area contributed by atoms with Gasteiger partial charge in [0.2, 0.25) is 0 Å². The number of hydrogen-bond acceptors (Lipinski definition) is 1. The number of rotatable bonds is 4. The van der Waals surface area contributed by atoms with Crippen LogP contribution in [0.1, 0.15) is 30.6 Å². The van der Waals surface area contributed by atoms with Gasteiger partial charge in [0.05, 0.1) is 10.6 Å². The Balaban J connectivity index is 2.90. The predicted molar refractivity (Wildman–Crippen MR) is 76.4 cm³/mol. The van der Waals surface area contributed by atoms with E-state index < -0.39 is 0 Å². The van der Waals surface area contributed by atoms with Gasteiger partial charge < -0.3 is 5.32 Å². The Morgan fingerprint density at radius 3 is 2.59 bits per heavy atom. The molecule has 0 aromatic heterocycles. The number of carbonyl (C=O) groups excluding carboxylic acids is 1. The van der Waals surface area contributed by atoms with E-state index in [0.29, 0.717) is 20.9 Å². The average molecular weight is 339 g/mol. The highest BCUT2D eigenvalue weighted by Crippen LogP contribution is 2.22. The standard InChI is InChI=1S/C12H14BrCl2NO/c1-3-12(2,7-13)16-11(17)9-5-4-8(14)6-10(9)15/h4-6H,3,7H2,1-2H3,(H,16,17). The number of halogens is 3. The molecule has 1 amide bonds. The molecular formula is C12H14BrCl2NO. The molecule has 0 saturated heterocycles. The first-order chi connectivity index (χ1) is 7.91. The molecule has 1 aromatic rings. The second-order valence-corrected chi connectivity index (χ2v) is 5.53. The molecule has 0 spiro atoms. The van der Waals surface area contributed by atoms with Gasteiger partial charge >= 0.3 is 0 Å². The van der Waals surface area contributed by atoms with Gasteiger partial charge in [-0.3, -0.25) is 4.79 Å². The van der Waals surface area contributed by atoms with E-state index in [9.17, 15) is 4.79 Å². The highest BCUT2D eigenvalue weighted by molar-refractivity contribution is 9.09. The highest BCUT2D eigenvalue weighted by atomic mass is 79.9. The van der Waals surface area contributed by atoms with Crippen molar-refractivity contribution in [3.8, 4) is 0 Å². The van der Waals surface area contributed by atoms with Crippen LogP contribution >= 0.6 is 39.1 Å². The van der Waals surface area contributed by atoms with Crippen LogP contribution in [0.15, 0.2) is 18.2 Å². The van der Waals surface area contributed by atoms with Crippen LogP contribution in [0.5, 0.6) is 0 Å². The van der Waals surface area contributed by atoms with Crippen LogP contribution in [0.3, 0.4) is 0 Å². The summed E-state index contributed by atoms with van der Waals surface area (Å²) in [5, 5.41) is 4.53. The fraction of sp³-hybridized carbons (Fsp3) is 0.417. The summed E-state index contributed by atoms with van der Waals surface area (Å²) in [7, 11) is 0. The first kappa shape index (κ1) is 14.8. The van der Waals surface area contributed by atoms with Gasteiger partial charge in [0, 0.05) is 15.9 Å². The minimum absolute atomic E-state index is 0.185. The third kappa shape index (κ3) is 3.87. The lowest BCUT2D eigenvalue weighted by Gasteiger charge is -2.27. The highest BCUT2D eigenvalue weighted by Gasteiger charge is 2.24. The molecule has 0 saturated carbocycles. The summed E-state index contributed by atoms with van der Waals surface area (Å²) >= 11 is 15.2. The minimum atomic E-state index is -0.278. The summed E-state index contributed by atoms with van der Waals surface area (Å²) in [6, 6.07) is 4.85. The van der Waals surface area contributed by atoms with E-state index in [1.165, 1.54) is 0 Å². The lowest BCUT2D eigenvalue weighted by atomic mass is 10.0. The molecule has 94 valence electrons. The second-order valence-electron chi connectivity index (χ2n) is 4.13. The van der Waals surface area contributed by atoms with Crippen LogP contribution in [0.25, 0.3) is 0 Å². The van der Waals surface area contributed by atoms with E-state index >= 15 is 0 Å². The Hall–Kier alpha value is -0.250. The van der Waals surface area contributed by atoms with Gasteiger partial charge in [-0.05, 0) is 31.5 Å². The van der Waals surface area contributed by atoms with E-state index in [4.69, 9.17) is 23.2 Å². The molecule has 1 rings (SSSR count). The van der Waals surface area contributed by atoms with Gasteiger partial charge in [-0.2, -0.15) is 0 Å². The maximum atomic E-state index is 12.1. The first-order valence-corrected chi connectivity index (χ1v) is 7.13. The molecular weight excluding hydrogens is 325 g/mol. The summed E-state index contributed by atoms with van der Waals surface area (Å²) < 4.78 is 0. The Kier molecular flexibility index (Phi) is 5.29. The van der Waals surface area contributed by atoms with Crippen LogP contribution in [-0.2, 0) is 0 Å². The fourth-order valence-electron chi connectivity index (χ4n) is 1.23. The molecule has 5 heteroatoms. The molecule has 2 nitrogen and oxygen atoms in total. The van der Waals surface area contributed by atoms with Crippen LogP contribution in [0.2, 0.25) is 10.0 Å². The fourth-order valence-corrected chi connectivity index (χ4v) is 2.26. The van der Waals surface area contributed by atoms with Gasteiger partial charge in [-0.25, -0.2) is 0 Å². The first-order valence-electron chi connectivity index (χ1n) is 5.25. The minimum Gasteiger partial charge on any atom is -0.346 e. The van der Waals surface area contributed by atoms with Gasteiger partial charge in [-0.1, -0.05) is 46.1 Å². The zero-order chi connectivity index (χ0) is 13.1. The summed E-state index contributed by atoms with van der Waals surface area (Å²) in [6.07, 6.45) is 0.829. The van der Waals surface area contributed by atoms with Gasteiger partial charge in [0.15, 0.2) is 0 Å². The smallest absolute Gasteiger partial charge is 0.253 e. The summed E-state index contributed by atoms with van der Waals surface area (Å²) in [5.74, 6) is -0.185. The van der Waals surface area contributed by atoms with Crippen molar-refractivity contribution in [1.29, 1.82) is 0 Å². The third-order valence-electron chi connectivity index (χ3n) is 2.67. The van der Waals surface area contributed by atoms with E-state index in [-0.39, 0.29) is 11.4 Å². The zero-order valence-corrected chi connectivity index (χ0v) is 12.8. The van der Waals surface area contributed by atoms with E-state index in [1.54, 1.807) is 18.2 Å². The molecule has 1 unspecified atom stereocenters. The van der Waals surface area contributed by atoms with Gasteiger partial charge in [0.1, 0.15) is 0 Å². The van der Waals surface area contributed by atoms with Crippen molar-refractivity contribution in [2.24, 2.45) is 0 Å². The van der Waals surface area contributed by atoms with Crippen molar-refractivity contribution in [3.05, 3.63) is 33.8 Å². The van der Waals surface area contributed by atoms with E-state index in [2.05, 4.69) is 21.2 Å². The number of carbonyl (C=O) groups is 1. The molecule has 0 bridgehead atoms. The molecule has 0 heterocycles. The Morgan fingerprint density at radius 2 is 2.12 bits per heavy atom. The maximum absolute atomic E-state index is 12.1. The third-order valence-corrected chi connectivity index (χ3v) is 4.45. The zero-order valence-electron chi connectivity index (χ0n) is 9.69. The van der Waals surface area contributed by atoms with Crippen molar-refractivity contribution in [2.45, 2.75) is 25.8 Å². The Bertz CT molecular complexity index is 419. The number of nitrogens with one attached hydrogen (secondary N) is 1. The average Bonchev–Trinajstić information content (AvgIpc) is 2.28. The van der Waals surface area contributed by atoms with E-state index in [1.807, 2.05) is 13.8 Å². The van der Waals surface area contributed by atoms with Gasteiger partial charge in [0.25, 0.3) is 5.91 Å². The summed E-state index contributed by atoms with van der Waals surface area (Å²) in [4.78, 5) is 12.1. The largest absolute Gasteiger partial charge is 0.346 e. The molecule has 1 atom stereocenters. The second kappa shape index (κ2) is 6.07. The van der Waals surface area contributed by atoms with E-state index in [0.717, 1.165) is 6.42 Å². The Morgan fingerprint density at radius 1 is 1.47 bits per heavy atom. The van der Waals surface area contributed by atoms with Gasteiger partial charge in [-0.15, -0.1) is 0 Å². The molecule has 0 aliphatic heterocycles. The number of hydrogen-bond donors (Lipinski definition) is 1. The predicted octanol–water partition coefficient (Wildman–Crippen LogP) is 4.29. The van der Waals surface area contributed by atoms with Crippen molar-refractivity contribution >= 4 is 45.0 Å². The van der Waals surface area contributed by atoms with Crippen molar-refractivity contribution in [3.63, 3.8) is 0 Å². The monoisotopic (exact) mass is 337 g/mol. The van der Waals surface area contributed by atoms with Crippen LogP contribution < -0.4 is 5.32 Å². The molecule has 0 aliphatic carbocycles. The maximum Gasteiger partial charge on any atom is 0.253 e. The summed E-state index contributed by atoms with van der Waals surface area (Å²) in [5.41, 5.74) is 0.164. The normalized spacial score (nSPS) is 14.2. The topological polar surface area (TPSA) is 29.1 Å². The van der Waals surface area contributed by atoms with Crippen molar-refractivity contribution < 1.29 is 4.79 Å². The molecule has 17 heavy (non-hydrogen) atoms. The lowest BCUT2D eigenvalue weighted by Crippen LogP contribution is -2.47. The molecule has 0 radical (unpaired) electrons. The number of benzene rings is 1. The Labute approximate surface area is 120 Å². The molecule has 0 aliphatic rings. The SMILES string of the molecule is CCC(C)(CBr)NC(=O)c1ccc(Cl)cc1Cl. The lowest BCUT2D eigenvalue weighted by molar-refractivity contribution is 0.0913. The summed E-state index contributed by atoms with van der Waals surface area (Å²) in [6.45, 7) is 3.99. The number of alkyl halides is 1. The van der Waals surface area contributed by atoms with Crippen LogP contribution in [0.4, 0.5) is 0 Å². The van der Waals surface area contributed by atoms with Crippen molar-refractivity contribution in [2.75, 3.05) is 5.33 Å². The quantitative estimate of drug-likeness (QED) is 0.815. The van der Waals surface area contributed by atoms with Crippen molar-refractivity contribution in [1.82, 2.24) is 5.32 Å². The molecule has 1 N–H and O–H groups in total. The molecule has 0 fully saturated rings. The number of amides is 1. The van der Waals surface area contributed by atoms with Crippen LogP contribution in [0, 0.1) is 0 Å². The molecule has 1 aromatic carbocycles. The van der Waals surface area contributed by atoms with Crippen LogP contribution in [-0.4, -0.2) is 16.8 Å².